The predicted molar refractivity (Wildman–Crippen MR) is 111 cm³/mol. The van der Waals surface area contributed by atoms with Gasteiger partial charge in [-0.05, 0) is 69.9 Å². The highest BCUT2D eigenvalue weighted by Crippen LogP contribution is 2.29. The number of nitrogens with zero attached hydrogens (tertiary/aromatic N) is 2. The second-order valence-electron chi connectivity index (χ2n) is 8.62. The van der Waals surface area contributed by atoms with Crippen molar-refractivity contribution >= 4 is 11.7 Å². The van der Waals surface area contributed by atoms with Crippen LogP contribution in [0.15, 0.2) is 12.1 Å². The molecule has 1 aliphatic heterocycles. The number of methoxy groups -OCH3 is 1. The molecule has 6 nitrogen and oxygen atoms in total. The van der Waals surface area contributed by atoms with Crippen molar-refractivity contribution in [3.8, 4) is 0 Å². The maximum atomic E-state index is 12.6. The molecule has 160 valence electrons. The number of aryl methyl sites for hydroxylation is 3. The van der Waals surface area contributed by atoms with Crippen LogP contribution >= 0.6 is 0 Å². The number of carbonyl (C=O) groups excluding carboxylic acids is 2. The lowest BCUT2D eigenvalue weighted by Gasteiger charge is -2.43. The van der Waals surface area contributed by atoms with Gasteiger partial charge in [0.2, 0.25) is 5.91 Å². The number of aromatic nitrogens is 1. The Balaban J connectivity index is 1.43. The number of ketones is 1. The molecule has 1 aliphatic carbocycles. The summed E-state index contributed by atoms with van der Waals surface area (Å²) in [4.78, 5) is 30.6. The highest BCUT2D eigenvalue weighted by Gasteiger charge is 2.43. The van der Waals surface area contributed by atoms with Gasteiger partial charge < -0.3 is 14.7 Å². The number of hydrogen-bond donors (Lipinski definition) is 1. The SMILES string of the molecule is COC1CN(C(=O)CCCCc2ccc3c(n2)CCCC3)CCC1(O)CC(C)=O. The lowest BCUT2D eigenvalue weighted by Crippen LogP contribution is -2.58. The van der Waals surface area contributed by atoms with E-state index in [1.807, 2.05) is 0 Å². The standard InChI is InChI=1S/C23H34N2O4/c1-17(26)15-23(28)13-14-25(16-21(23)29-2)22(27)10-6-4-8-19-12-11-18-7-3-5-9-20(18)24-19/h11-12,21,28H,3-10,13-16H2,1-2H3. The van der Waals surface area contributed by atoms with E-state index in [0.717, 1.165) is 37.8 Å². The van der Waals surface area contributed by atoms with Crippen molar-refractivity contribution in [1.29, 1.82) is 0 Å². The van der Waals surface area contributed by atoms with Crippen molar-refractivity contribution in [3.63, 3.8) is 0 Å². The third kappa shape index (κ3) is 5.64. The molecule has 2 aliphatic rings. The van der Waals surface area contributed by atoms with Crippen molar-refractivity contribution < 1.29 is 19.4 Å². The van der Waals surface area contributed by atoms with Crippen LogP contribution in [0.1, 0.15) is 68.8 Å². The van der Waals surface area contributed by atoms with E-state index in [1.165, 1.54) is 38.1 Å². The first-order chi connectivity index (χ1) is 13.9. The summed E-state index contributed by atoms with van der Waals surface area (Å²) in [5.74, 6) is 0.0282. The van der Waals surface area contributed by atoms with Crippen molar-refractivity contribution in [2.45, 2.75) is 82.8 Å². The molecular weight excluding hydrogens is 368 g/mol. The number of carbonyl (C=O) groups is 2. The van der Waals surface area contributed by atoms with E-state index in [-0.39, 0.29) is 18.1 Å². The average molecular weight is 403 g/mol. The van der Waals surface area contributed by atoms with E-state index >= 15 is 0 Å². The number of fused-ring (bicyclic) bond motifs is 1. The molecule has 0 radical (unpaired) electrons. The molecule has 2 heterocycles. The zero-order valence-electron chi connectivity index (χ0n) is 17.8. The number of likely N-dealkylation sites (tertiary alicyclic amines) is 1. The van der Waals surface area contributed by atoms with Crippen LogP contribution in [0.2, 0.25) is 0 Å². The van der Waals surface area contributed by atoms with E-state index in [2.05, 4.69) is 12.1 Å². The zero-order valence-corrected chi connectivity index (χ0v) is 17.8. The molecule has 1 aromatic rings. The summed E-state index contributed by atoms with van der Waals surface area (Å²) in [6.07, 6.45) is 7.81. The van der Waals surface area contributed by atoms with Gasteiger partial charge in [-0.3, -0.25) is 14.6 Å². The van der Waals surface area contributed by atoms with Gasteiger partial charge in [-0.1, -0.05) is 6.07 Å². The summed E-state index contributed by atoms with van der Waals surface area (Å²) < 4.78 is 5.41. The summed E-state index contributed by atoms with van der Waals surface area (Å²) in [6.45, 7) is 2.28. The third-order valence-electron chi connectivity index (χ3n) is 6.30. The summed E-state index contributed by atoms with van der Waals surface area (Å²) in [7, 11) is 1.52. The van der Waals surface area contributed by atoms with Crippen molar-refractivity contribution in [1.82, 2.24) is 9.88 Å². The fraction of sp³-hybridized carbons (Fsp3) is 0.696. The Kier molecular flexibility index (Phi) is 7.41. The van der Waals surface area contributed by atoms with Crippen LogP contribution in [0, 0.1) is 0 Å². The lowest BCUT2D eigenvalue weighted by molar-refractivity contribution is -0.159. The Labute approximate surface area is 173 Å². The Morgan fingerprint density at radius 1 is 1.28 bits per heavy atom. The second-order valence-corrected chi connectivity index (χ2v) is 8.62. The molecule has 2 unspecified atom stereocenters. The number of unbranched alkanes of at least 4 members (excludes halogenated alkanes) is 1. The normalized spacial score (nSPS) is 24.2. The molecule has 29 heavy (non-hydrogen) atoms. The van der Waals surface area contributed by atoms with Gasteiger partial charge in [-0.2, -0.15) is 0 Å². The number of rotatable bonds is 8. The Morgan fingerprint density at radius 3 is 2.83 bits per heavy atom. The number of Topliss-reactive ketones (excluding diaryl/α,β-unsaturated/α-hetero) is 1. The molecule has 0 spiro atoms. The molecule has 1 fully saturated rings. The van der Waals surface area contributed by atoms with Gasteiger partial charge in [0.25, 0.3) is 0 Å². The minimum Gasteiger partial charge on any atom is -0.387 e. The van der Waals surface area contributed by atoms with Crippen LogP contribution in [0.4, 0.5) is 0 Å². The smallest absolute Gasteiger partial charge is 0.222 e. The van der Waals surface area contributed by atoms with E-state index in [0.29, 0.717) is 25.9 Å². The molecular formula is C23H34N2O4. The van der Waals surface area contributed by atoms with Gasteiger partial charge in [0, 0.05) is 44.4 Å². The molecule has 6 heteroatoms. The maximum Gasteiger partial charge on any atom is 0.222 e. The zero-order chi connectivity index (χ0) is 20.9. The first-order valence-electron chi connectivity index (χ1n) is 10.9. The monoisotopic (exact) mass is 402 g/mol. The first-order valence-corrected chi connectivity index (χ1v) is 10.9. The molecule has 1 saturated heterocycles. The fourth-order valence-corrected chi connectivity index (χ4v) is 4.61. The van der Waals surface area contributed by atoms with Crippen LogP contribution in [0.3, 0.4) is 0 Å². The number of piperidine rings is 1. The van der Waals surface area contributed by atoms with Crippen molar-refractivity contribution in [2.75, 3.05) is 20.2 Å². The maximum absolute atomic E-state index is 12.6. The minimum atomic E-state index is -1.17. The predicted octanol–water partition coefficient (Wildman–Crippen LogP) is 2.63. The van der Waals surface area contributed by atoms with Gasteiger partial charge in [-0.15, -0.1) is 0 Å². The summed E-state index contributed by atoms with van der Waals surface area (Å²) in [6, 6.07) is 4.36. The third-order valence-corrected chi connectivity index (χ3v) is 6.30. The van der Waals surface area contributed by atoms with Gasteiger partial charge >= 0.3 is 0 Å². The van der Waals surface area contributed by atoms with Crippen LogP contribution in [-0.4, -0.2) is 58.6 Å². The summed E-state index contributed by atoms with van der Waals surface area (Å²) >= 11 is 0. The van der Waals surface area contributed by atoms with Crippen LogP contribution in [0.25, 0.3) is 0 Å². The van der Waals surface area contributed by atoms with Crippen molar-refractivity contribution in [2.24, 2.45) is 0 Å². The van der Waals surface area contributed by atoms with Crippen molar-refractivity contribution in [3.05, 3.63) is 29.1 Å². The van der Waals surface area contributed by atoms with Gasteiger partial charge in [-0.25, -0.2) is 0 Å². The second kappa shape index (κ2) is 9.81. The Hall–Kier alpha value is -1.79. The summed E-state index contributed by atoms with van der Waals surface area (Å²) in [5, 5.41) is 10.7. The highest BCUT2D eigenvalue weighted by atomic mass is 16.5. The van der Waals surface area contributed by atoms with Gasteiger partial charge in [0.15, 0.2) is 0 Å². The quantitative estimate of drug-likeness (QED) is 0.676. The first kappa shape index (κ1) is 21.9. The van der Waals surface area contributed by atoms with E-state index < -0.39 is 11.7 Å². The van der Waals surface area contributed by atoms with Gasteiger partial charge in [0.1, 0.15) is 17.5 Å². The van der Waals surface area contributed by atoms with Crippen LogP contribution in [0.5, 0.6) is 0 Å². The summed E-state index contributed by atoms with van der Waals surface area (Å²) in [5.41, 5.74) is 2.62. The fourth-order valence-electron chi connectivity index (χ4n) is 4.61. The number of amides is 1. The molecule has 1 N–H and O–H groups in total. The molecule has 0 aromatic carbocycles. The van der Waals surface area contributed by atoms with Gasteiger partial charge in [0.05, 0.1) is 0 Å². The van der Waals surface area contributed by atoms with E-state index in [9.17, 15) is 14.7 Å². The number of ether oxygens (including phenoxy) is 1. The van der Waals surface area contributed by atoms with E-state index in [1.54, 1.807) is 4.90 Å². The minimum absolute atomic E-state index is 0.0647. The topological polar surface area (TPSA) is 79.7 Å². The average Bonchev–Trinajstić information content (AvgIpc) is 2.70. The molecule has 1 aromatic heterocycles. The number of aliphatic hydroxyl groups is 1. The molecule has 3 rings (SSSR count). The van der Waals surface area contributed by atoms with Crippen LogP contribution in [-0.2, 0) is 33.6 Å². The lowest BCUT2D eigenvalue weighted by atomic mass is 9.84. The Morgan fingerprint density at radius 2 is 2.07 bits per heavy atom. The number of pyridine rings is 1. The molecule has 1 amide bonds. The Bertz CT molecular complexity index is 736. The number of hydrogen-bond acceptors (Lipinski definition) is 5. The molecule has 2 atom stereocenters. The molecule has 0 bridgehead atoms. The largest absolute Gasteiger partial charge is 0.387 e. The van der Waals surface area contributed by atoms with Crippen LogP contribution < -0.4 is 0 Å². The van der Waals surface area contributed by atoms with E-state index in [4.69, 9.17) is 9.72 Å². The highest BCUT2D eigenvalue weighted by molar-refractivity contribution is 5.78. The molecule has 0 saturated carbocycles.